The molecule has 0 aromatic carbocycles. The Kier molecular flexibility index (Phi) is 9.35. The second-order valence-corrected chi connectivity index (χ2v) is 5.31. The maximum absolute atomic E-state index is 11.9. The number of halogens is 1. The summed E-state index contributed by atoms with van der Waals surface area (Å²) in [7, 11) is 1.55. The van der Waals surface area contributed by atoms with E-state index in [1.165, 1.54) is 0 Å². The fourth-order valence-corrected chi connectivity index (χ4v) is 2.06. The summed E-state index contributed by atoms with van der Waals surface area (Å²) in [5, 5.41) is 0. The van der Waals surface area contributed by atoms with Crippen LogP contribution in [0.5, 0.6) is 0 Å². The third kappa shape index (κ3) is 6.56. The molecule has 0 aromatic heterocycles. The van der Waals surface area contributed by atoms with E-state index < -0.39 is 6.04 Å². The number of ether oxygens (including phenoxy) is 2. The number of piperidine rings is 1. The molecule has 1 aliphatic rings. The Bertz CT molecular complexity index is 256. The molecule has 1 saturated heterocycles. The number of nitrogens with two attached hydrogens (primary N) is 1. The smallest absolute Gasteiger partial charge is 0.241 e. The van der Waals surface area contributed by atoms with Crippen LogP contribution in [0.1, 0.15) is 26.7 Å². The van der Waals surface area contributed by atoms with Crippen LogP contribution in [-0.2, 0) is 14.3 Å². The van der Waals surface area contributed by atoms with Gasteiger partial charge in [0.2, 0.25) is 5.91 Å². The molecule has 1 unspecified atom stereocenters. The van der Waals surface area contributed by atoms with Crippen molar-refractivity contribution in [2.24, 2.45) is 11.7 Å². The fourth-order valence-electron chi connectivity index (χ4n) is 2.06. The summed E-state index contributed by atoms with van der Waals surface area (Å²) in [6.45, 7) is 6.83. The summed E-state index contributed by atoms with van der Waals surface area (Å²) in [6.07, 6.45) is 2.09. The van der Waals surface area contributed by atoms with Gasteiger partial charge in [-0.2, -0.15) is 0 Å². The Morgan fingerprint density at radius 2 is 1.89 bits per heavy atom. The molecule has 0 spiro atoms. The first-order valence-electron chi connectivity index (χ1n) is 6.69. The lowest BCUT2D eigenvalue weighted by Gasteiger charge is -2.33. The number of amides is 1. The maximum Gasteiger partial charge on any atom is 0.241 e. The number of carbonyl (C=O) groups is 1. The average Bonchev–Trinajstić information content (AvgIpc) is 2.36. The largest absolute Gasteiger partial charge is 0.383 e. The quantitative estimate of drug-likeness (QED) is 0.795. The number of methoxy groups -OCH3 is 1. The highest BCUT2D eigenvalue weighted by Crippen LogP contribution is 2.15. The van der Waals surface area contributed by atoms with Crippen molar-refractivity contribution in [2.45, 2.75) is 38.8 Å². The van der Waals surface area contributed by atoms with Gasteiger partial charge in [0.15, 0.2) is 0 Å². The van der Waals surface area contributed by atoms with Crippen molar-refractivity contribution >= 4 is 18.3 Å². The SMILES string of the molecule is COCC(N)C(=O)N1CCC(OCC(C)C)CC1.Cl. The molecule has 2 N–H and O–H groups in total. The summed E-state index contributed by atoms with van der Waals surface area (Å²) >= 11 is 0. The molecule has 19 heavy (non-hydrogen) atoms. The molecule has 1 aliphatic heterocycles. The van der Waals surface area contributed by atoms with Gasteiger partial charge in [-0.25, -0.2) is 0 Å². The van der Waals surface area contributed by atoms with Crippen LogP contribution in [0.15, 0.2) is 0 Å². The third-order valence-electron chi connectivity index (χ3n) is 3.08. The van der Waals surface area contributed by atoms with Crippen LogP contribution in [0, 0.1) is 5.92 Å². The molecule has 0 saturated carbocycles. The molecule has 1 heterocycles. The lowest BCUT2D eigenvalue weighted by atomic mass is 10.1. The molecule has 1 fully saturated rings. The number of hydrogen-bond donors (Lipinski definition) is 1. The van der Waals surface area contributed by atoms with Crippen LogP contribution in [-0.4, -0.2) is 56.4 Å². The molecule has 5 nitrogen and oxygen atoms in total. The van der Waals surface area contributed by atoms with E-state index in [0.29, 0.717) is 5.92 Å². The minimum absolute atomic E-state index is 0. The van der Waals surface area contributed by atoms with Crippen molar-refractivity contribution in [3.05, 3.63) is 0 Å². The molecular formula is C13H27ClN2O3. The second kappa shape index (κ2) is 9.53. The lowest BCUT2D eigenvalue weighted by Crippen LogP contribution is -2.49. The highest BCUT2D eigenvalue weighted by atomic mass is 35.5. The second-order valence-electron chi connectivity index (χ2n) is 5.31. The highest BCUT2D eigenvalue weighted by molar-refractivity contribution is 5.85. The van der Waals surface area contributed by atoms with Crippen molar-refractivity contribution in [1.29, 1.82) is 0 Å². The van der Waals surface area contributed by atoms with E-state index in [0.717, 1.165) is 32.5 Å². The normalized spacial score (nSPS) is 18.3. The van der Waals surface area contributed by atoms with E-state index in [1.807, 2.05) is 4.90 Å². The molecule has 0 radical (unpaired) electrons. The predicted molar refractivity (Wildman–Crippen MR) is 77.5 cm³/mol. The number of likely N-dealkylation sites (tertiary alicyclic amines) is 1. The zero-order valence-electron chi connectivity index (χ0n) is 12.1. The van der Waals surface area contributed by atoms with Crippen molar-refractivity contribution in [3.8, 4) is 0 Å². The standard InChI is InChI=1S/C13H26N2O3.ClH/c1-10(2)8-18-11-4-6-15(7-5-11)13(16)12(14)9-17-3;/h10-12H,4-9,14H2,1-3H3;1H. The van der Waals surface area contributed by atoms with E-state index in [1.54, 1.807) is 7.11 Å². The molecule has 0 bridgehead atoms. The van der Waals surface area contributed by atoms with Gasteiger partial charge in [0.1, 0.15) is 6.04 Å². The Morgan fingerprint density at radius 3 is 2.37 bits per heavy atom. The first kappa shape index (κ1) is 18.6. The number of rotatable bonds is 6. The Balaban J connectivity index is 0.00000324. The van der Waals surface area contributed by atoms with Gasteiger partial charge in [0, 0.05) is 26.8 Å². The van der Waals surface area contributed by atoms with Crippen LogP contribution in [0.25, 0.3) is 0 Å². The van der Waals surface area contributed by atoms with Gasteiger partial charge in [0.25, 0.3) is 0 Å². The summed E-state index contributed by atoms with van der Waals surface area (Å²) in [5.74, 6) is 0.541. The van der Waals surface area contributed by atoms with Crippen molar-refractivity contribution in [1.82, 2.24) is 4.90 Å². The molecule has 6 heteroatoms. The Labute approximate surface area is 122 Å². The topological polar surface area (TPSA) is 64.8 Å². The van der Waals surface area contributed by atoms with Gasteiger partial charge in [0.05, 0.1) is 12.7 Å². The molecule has 0 aliphatic carbocycles. The summed E-state index contributed by atoms with van der Waals surface area (Å²) in [6, 6.07) is -0.539. The van der Waals surface area contributed by atoms with Gasteiger partial charge in [-0.1, -0.05) is 13.8 Å². The average molecular weight is 295 g/mol. The number of carbonyl (C=O) groups excluding carboxylic acids is 1. The molecule has 1 atom stereocenters. The first-order valence-corrected chi connectivity index (χ1v) is 6.69. The Morgan fingerprint density at radius 1 is 1.32 bits per heavy atom. The molecule has 1 rings (SSSR count). The molecular weight excluding hydrogens is 268 g/mol. The van der Waals surface area contributed by atoms with Gasteiger partial charge in [-0.3, -0.25) is 4.79 Å². The molecule has 0 aromatic rings. The third-order valence-corrected chi connectivity index (χ3v) is 3.08. The monoisotopic (exact) mass is 294 g/mol. The zero-order valence-corrected chi connectivity index (χ0v) is 12.9. The van der Waals surface area contributed by atoms with E-state index in [-0.39, 0.29) is 31.0 Å². The molecule has 1 amide bonds. The van der Waals surface area contributed by atoms with Crippen molar-refractivity contribution < 1.29 is 14.3 Å². The predicted octanol–water partition coefficient (Wildman–Crippen LogP) is 1.05. The molecule has 114 valence electrons. The van der Waals surface area contributed by atoms with E-state index >= 15 is 0 Å². The van der Waals surface area contributed by atoms with Crippen LogP contribution in [0.4, 0.5) is 0 Å². The van der Waals surface area contributed by atoms with E-state index in [2.05, 4.69) is 13.8 Å². The number of nitrogens with zero attached hydrogens (tertiary/aromatic N) is 1. The summed E-state index contributed by atoms with van der Waals surface area (Å²) < 4.78 is 10.7. The zero-order chi connectivity index (χ0) is 13.5. The first-order chi connectivity index (χ1) is 8.54. The van der Waals surface area contributed by atoms with Gasteiger partial charge in [-0.05, 0) is 18.8 Å². The van der Waals surface area contributed by atoms with E-state index in [9.17, 15) is 4.79 Å². The van der Waals surface area contributed by atoms with Crippen molar-refractivity contribution in [3.63, 3.8) is 0 Å². The minimum atomic E-state index is -0.539. The van der Waals surface area contributed by atoms with Crippen molar-refractivity contribution in [2.75, 3.05) is 33.4 Å². The number of hydrogen-bond acceptors (Lipinski definition) is 4. The van der Waals surface area contributed by atoms with Crippen LogP contribution >= 0.6 is 12.4 Å². The van der Waals surface area contributed by atoms with Gasteiger partial charge < -0.3 is 20.1 Å². The fraction of sp³-hybridized carbons (Fsp3) is 0.923. The van der Waals surface area contributed by atoms with Crippen LogP contribution in [0.3, 0.4) is 0 Å². The van der Waals surface area contributed by atoms with Gasteiger partial charge >= 0.3 is 0 Å². The van der Waals surface area contributed by atoms with Crippen LogP contribution < -0.4 is 5.73 Å². The summed E-state index contributed by atoms with van der Waals surface area (Å²) in [4.78, 5) is 13.8. The highest BCUT2D eigenvalue weighted by Gasteiger charge is 2.26. The van der Waals surface area contributed by atoms with Gasteiger partial charge in [-0.15, -0.1) is 12.4 Å². The van der Waals surface area contributed by atoms with Crippen LogP contribution in [0.2, 0.25) is 0 Å². The summed E-state index contributed by atoms with van der Waals surface area (Å²) in [5.41, 5.74) is 5.74. The maximum atomic E-state index is 11.9. The Hall–Kier alpha value is -0.360. The minimum Gasteiger partial charge on any atom is -0.383 e. The van der Waals surface area contributed by atoms with E-state index in [4.69, 9.17) is 15.2 Å². The lowest BCUT2D eigenvalue weighted by molar-refractivity contribution is -0.136.